The molecule has 90 valence electrons. The van der Waals surface area contributed by atoms with Gasteiger partial charge in [0, 0.05) is 30.5 Å². The zero-order valence-corrected chi connectivity index (χ0v) is 10.3. The second-order valence-corrected chi connectivity index (χ2v) is 5.34. The van der Waals surface area contributed by atoms with Gasteiger partial charge in [0.15, 0.2) is 0 Å². The molecule has 2 amide bonds. The minimum absolute atomic E-state index is 0.0952. The van der Waals surface area contributed by atoms with E-state index in [1.54, 1.807) is 4.90 Å². The summed E-state index contributed by atoms with van der Waals surface area (Å²) in [6.07, 6.45) is 3.25. The van der Waals surface area contributed by atoms with Crippen LogP contribution in [0.15, 0.2) is 12.2 Å². The Labute approximate surface area is 104 Å². The Bertz CT molecular complexity index is 466. The normalized spacial score (nSPS) is 19.8. The van der Waals surface area contributed by atoms with Gasteiger partial charge in [-0.15, -0.1) is 0 Å². The first-order chi connectivity index (χ1) is 8.22. The largest absolute Gasteiger partial charge is 0.323 e. The Morgan fingerprint density at radius 2 is 2.35 bits per heavy atom. The first-order valence-electron chi connectivity index (χ1n) is 5.78. The van der Waals surface area contributed by atoms with Gasteiger partial charge in [0.1, 0.15) is 5.82 Å². The molecule has 1 aliphatic heterocycles. The SMILES string of the molecule is C=C1CCN(C(=O)Nc2nc(C3CC3)ns2)C1. The first kappa shape index (κ1) is 10.7. The van der Waals surface area contributed by atoms with Crippen LogP contribution >= 0.6 is 11.5 Å². The number of likely N-dealkylation sites (tertiary alicyclic amines) is 1. The fourth-order valence-corrected chi connectivity index (χ4v) is 2.50. The molecule has 2 aliphatic rings. The smallest absolute Gasteiger partial charge is 0.320 e. The summed E-state index contributed by atoms with van der Waals surface area (Å²) in [6, 6.07) is -0.0952. The molecule has 5 nitrogen and oxygen atoms in total. The second-order valence-electron chi connectivity index (χ2n) is 4.58. The lowest BCUT2D eigenvalue weighted by Gasteiger charge is -2.14. The number of nitrogens with zero attached hydrogens (tertiary/aromatic N) is 3. The molecule has 1 aliphatic carbocycles. The average molecular weight is 250 g/mol. The number of rotatable bonds is 2. The lowest BCUT2D eigenvalue weighted by Crippen LogP contribution is -2.32. The molecule has 2 fully saturated rings. The summed E-state index contributed by atoms with van der Waals surface area (Å²) in [5.74, 6) is 1.42. The van der Waals surface area contributed by atoms with Crippen LogP contribution in [0.25, 0.3) is 0 Å². The van der Waals surface area contributed by atoms with Crippen LogP contribution in [0.5, 0.6) is 0 Å². The second kappa shape index (κ2) is 4.10. The summed E-state index contributed by atoms with van der Waals surface area (Å²) >= 11 is 1.26. The summed E-state index contributed by atoms with van der Waals surface area (Å²) in [4.78, 5) is 17.9. The average Bonchev–Trinajstić information content (AvgIpc) is 2.90. The van der Waals surface area contributed by atoms with Crippen molar-refractivity contribution in [3.63, 3.8) is 0 Å². The zero-order valence-electron chi connectivity index (χ0n) is 9.48. The van der Waals surface area contributed by atoms with Gasteiger partial charge in [0.2, 0.25) is 5.13 Å². The van der Waals surface area contributed by atoms with E-state index in [0.29, 0.717) is 17.6 Å². The highest BCUT2D eigenvalue weighted by Crippen LogP contribution is 2.39. The fraction of sp³-hybridized carbons (Fsp3) is 0.545. The van der Waals surface area contributed by atoms with E-state index in [2.05, 4.69) is 21.3 Å². The summed E-state index contributed by atoms with van der Waals surface area (Å²) in [7, 11) is 0. The van der Waals surface area contributed by atoms with E-state index in [1.165, 1.54) is 24.4 Å². The summed E-state index contributed by atoms with van der Waals surface area (Å²) in [6.45, 7) is 5.28. The van der Waals surface area contributed by atoms with Gasteiger partial charge in [-0.1, -0.05) is 12.2 Å². The van der Waals surface area contributed by atoms with Crippen LogP contribution in [0.3, 0.4) is 0 Å². The molecule has 0 aromatic carbocycles. The van der Waals surface area contributed by atoms with Crippen LogP contribution in [0.4, 0.5) is 9.93 Å². The minimum Gasteiger partial charge on any atom is -0.320 e. The Kier molecular flexibility index (Phi) is 2.58. The van der Waals surface area contributed by atoms with Crippen molar-refractivity contribution >= 4 is 22.7 Å². The number of carbonyl (C=O) groups excluding carboxylic acids is 1. The number of aromatic nitrogens is 2. The maximum atomic E-state index is 11.9. The molecule has 1 saturated heterocycles. The molecule has 0 radical (unpaired) electrons. The van der Waals surface area contributed by atoms with Crippen LogP contribution in [0.2, 0.25) is 0 Å². The fourth-order valence-electron chi connectivity index (χ4n) is 1.86. The topological polar surface area (TPSA) is 58.1 Å². The van der Waals surface area contributed by atoms with E-state index >= 15 is 0 Å². The summed E-state index contributed by atoms with van der Waals surface area (Å²) in [5.41, 5.74) is 1.11. The van der Waals surface area contributed by atoms with Crippen molar-refractivity contribution in [2.75, 3.05) is 18.4 Å². The molecular formula is C11H14N4OS. The third-order valence-electron chi connectivity index (χ3n) is 3.04. The van der Waals surface area contributed by atoms with E-state index < -0.39 is 0 Å². The van der Waals surface area contributed by atoms with Crippen molar-refractivity contribution in [3.05, 3.63) is 18.0 Å². The molecule has 6 heteroatoms. The molecule has 17 heavy (non-hydrogen) atoms. The molecule has 1 aromatic rings. The number of hydrogen-bond donors (Lipinski definition) is 1. The highest BCUT2D eigenvalue weighted by Gasteiger charge is 2.28. The monoisotopic (exact) mass is 250 g/mol. The number of urea groups is 1. The van der Waals surface area contributed by atoms with Crippen LogP contribution in [-0.4, -0.2) is 33.4 Å². The van der Waals surface area contributed by atoms with Crippen molar-refractivity contribution < 1.29 is 4.79 Å². The molecule has 0 spiro atoms. The molecule has 2 heterocycles. The minimum atomic E-state index is -0.0952. The number of hydrogen-bond acceptors (Lipinski definition) is 4. The quantitative estimate of drug-likeness (QED) is 0.819. The number of anilines is 1. The van der Waals surface area contributed by atoms with Gasteiger partial charge in [-0.05, 0) is 19.3 Å². The van der Waals surface area contributed by atoms with Crippen LogP contribution in [-0.2, 0) is 0 Å². The molecular weight excluding hydrogens is 236 g/mol. The van der Waals surface area contributed by atoms with Crippen LogP contribution in [0, 0.1) is 0 Å². The third kappa shape index (κ3) is 2.31. The molecule has 1 aromatic heterocycles. The molecule has 0 unspecified atom stereocenters. The van der Waals surface area contributed by atoms with Gasteiger partial charge in [0.05, 0.1) is 0 Å². The maximum Gasteiger partial charge on any atom is 0.323 e. The number of nitrogens with one attached hydrogen (secondary N) is 1. The van der Waals surface area contributed by atoms with Gasteiger partial charge in [-0.2, -0.15) is 4.37 Å². The van der Waals surface area contributed by atoms with Crippen LogP contribution in [0.1, 0.15) is 31.0 Å². The van der Waals surface area contributed by atoms with Gasteiger partial charge in [-0.3, -0.25) is 5.32 Å². The Hall–Kier alpha value is -1.43. The number of amides is 2. The molecule has 1 saturated carbocycles. The molecule has 3 rings (SSSR count). The highest BCUT2D eigenvalue weighted by atomic mass is 32.1. The lowest BCUT2D eigenvalue weighted by atomic mass is 10.3. The maximum absolute atomic E-state index is 11.9. The Balaban J connectivity index is 1.61. The summed E-state index contributed by atoms with van der Waals surface area (Å²) < 4.78 is 4.25. The van der Waals surface area contributed by atoms with Crippen molar-refractivity contribution in [1.29, 1.82) is 0 Å². The van der Waals surface area contributed by atoms with Crippen molar-refractivity contribution in [1.82, 2.24) is 14.3 Å². The predicted molar refractivity (Wildman–Crippen MR) is 66.2 cm³/mol. The van der Waals surface area contributed by atoms with E-state index in [0.717, 1.165) is 24.4 Å². The summed E-state index contributed by atoms with van der Waals surface area (Å²) in [5, 5.41) is 3.40. The number of carbonyl (C=O) groups is 1. The van der Waals surface area contributed by atoms with Crippen molar-refractivity contribution in [3.8, 4) is 0 Å². The van der Waals surface area contributed by atoms with Crippen molar-refractivity contribution in [2.24, 2.45) is 0 Å². The van der Waals surface area contributed by atoms with Crippen molar-refractivity contribution in [2.45, 2.75) is 25.2 Å². The first-order valence-corrected chi connectivity index (χ1v) is 6.56. The van der Waals surface area contributed by atoms with E-state index in [9.17, 15) is 4.79 Å². The molecule has 1 N–H and O–H groups in total. The standard InChI is InChI=1S/C11H14N4OS/c1-7-4-5-15(6-7)11(16)13-10-12-9(14-17-10)8-2-3-8/h8H,1-6H2,(H,12,13,14,16). The third-order valence-corrected chi connectivity index (χ3v) is 3.68. The van der Waals surface area contributed by atoms with Gasteiger partial charge in [0.25, 0.3) is 0 Å². The zero-order chi connectivity index (χ0) is 11.8. The molecule has 0 atom stereocenters. The molecule has 0 bridgehead atoms. The van der Waals surface area contributed by atoms with E-state index in [1.807, 2.05) is 0 Å². The predicted octanol–water partition coefficient (Wildman–Crippen LogP) is 2.21. The van der Waals surface area contributed by atoms with E-state index in [4.69, 9.17) is 0 Å². The van der Waals surface area contributed by atoms with Gasteiger partial charge >= 0.3 is 6.03 Å². The Morgan fingerprint density at radius 1 is 1.53 bits per heavy atom. The lowest BCUT2D eigenvalue weighted by molar-refractivity contribution is 0.223. The van der Waals surface area contributed by atoms with Gasteiger partial charge in [-0.25, -0.2) is 9.78 Å². The highest BCUT2D eigenvalue weighted by molar-refractivity contribution is 7.09. The Morgan fingerprint density at radius 3 is 3.00 bits per heavy atom. The van der Waals surface area contributed by atoms with E-state index in [-0.39, 0.29) is 6.03 Å². The van der Waals surface area contributed by atoms with Gasteiger partial charge < -0.3 is 4.90 Å². The van der Waals surface area contributed by atoms with Crippen LogP contribution < -0.4 is 5.32 Å².